The lowest BCUT2D eigenvalue weighted by Gasteiger charge is -2.19. The van der Waals surface area contributed by atoms with Crippen LogP contribution < -0.4 is 10.2 Å². The van der Waals surface area contributed by atoms with Gasteiger partial charge in [-0.1, -0.05) is 6.07 Å². The highest BCUT2D eigenvalue weighted by Crippen LogP contribution is 2.10. The van der Waals surface area contributed by atoms with Crippen molar-refractivity contribution in [1.82, 2.24) is 5.32 Å². The Kier molecular flexibility index (Phi) is 4.75. The topological polar surface area (TPSA) is 70.5 Å². The quantitative estimate of drug-likeness (QED) is 0.852. The van der Waals surface area contributed by atoms with Crippen LogP contribution in [0.4, 0.5) is 0 Å². The van der Waals surface area contributed by atoms with E-state index in [0.29, 0.717) is 17.7 Å². The molecule has 21 heavy (non-hydrogen) atoms. The van der Waals surface area contributed by atoms with Gasteiger partial charge in [0.05, 0.1) is 38.5 Å². The fourth-order valence-corrected chi connectivity index (χ4v) is 2.11. The van der Waals surface area contributed by atoms with E-state index in [1.807, 2.05) is 32.3 Å². The highest BCUT2D eigenvalue weighted by molar-refractivity contribution is 5.94. The minimum atomic E-state index is -0.190. The zero-order valence-corrected chi connectivity index (χ0v) is 12.1. The number of hydrogen-bond donors (Lipinski definition) is 2. The molecule has 1 aromatic carbocycles. The average Bonchev–Trinajstić information content (AvgIpc) is 3.01. The van der Waals surface area contributed by atoms with Gasteiger partial charge in [0.2, 0.25) is 0 Å². The average molecular weight is 284 g/mol. The molecule has 108 valence electrons. The molecule has 0 aliphatic rings. The van der Waals surface area contributed by atoms with E-state index in [1.54, 1.807) is 30.5 Å². The number of quaternary nitrogens is 1. The maximum atomic E-state index is 12.1. The van der Waals surface area contributed by atoms with Crippen LogP contribution in [0.5, 0.6) is 0 Å². The molecule has 0 aliphatic carbocycles. The van der Waals surface area contributed by atoms with Gasteiger partial charge in [0.1, 0.15) is 0 Å². The number of nitrogens with one attached hydrogen (secondary N) is 2. The van der Waals surface area contributed by atoms with E-state index in [1.165, 1.54) is 0 Å². The van der Waals surface area contributed by atoms with Crippen molar-refractivity contribution in [2.75, 3.05) is 20.6 Å². The molecule has 5 heteroatoms. The van der Waals surface area contributed by atoms with E-state index in [0.717, 1.165) is 10.7 Å². The number of nitriles is 1. The number of carbonyl (C=O) groups is 1. The molecule has 1 atom stereocenters. The molecule has 0 saturated carbocycles. The van der Waals surface area contributed by atoms with Gasteiger partial charge in [-0.2, -0.15) is 5.26 Å². The van der Waals surface area contributed by atoms with Gasteiger partial charge < -0.3 is 14.6 Å². The molecule has 5 nitrogen and oxygen atoms in total. The van der Waals surface area contributed by atoms with Gasteiger partial charge in [0.25, 0.3) is 5.91 Å². The Labute approximate surface area is 123 Å². The monoisotopic (exact) mass is 284 g/mol. The number of amides is 1. The van der Waals surface area contributed by atoms with E-state index >= 15 is 0 Å². The lowest BCUT2D eigenvalue weighted by Crippen LogP contribution is -3.07. The van der Waals surface area contributed by atoms with Gasteiger partial charge >= 0.3 is 0 Å². The number of rotatable bonds is 5. The van der Waals surface area contributed by atoms with Crippen LogP contribution in [0, 0.1) is 11.3 Å². The Hall–Kier alpha value is -2.58. The van der Waals surface area contributed by atoms with Crippen LogP contribution in [0.3, 0.4) is 0 Å². The maximum Gasteiger partial charge on any atom is 0.251 e. The Morgan fingerprint density at radius 2 is 2.19 bits per heavy atom. The number of nitrogens with zero attached hydrogens (tertiary/aromatic N) is 1. The van der Waals surface area contributed by atoms with Gasteiger partial charge in [-0.25, -0.2) is 0 Å². The van der Waals surface area contributed by atoms with Crippen LogP contribution in [0.1, 0.15) is 27.7 Å². The second-order valence-corrected chi connectivity index (χ2v) is 5.05. The fourth-order valence-electron chi connectivity index (χ4n) is 2.11. The summed E-state index contributed by atoms with van der Waals surface area (Å²) >= 11 is 0. The normalized spacial score (nSPS) is 11.9. The Morgan fingerprint density at radius 1 is 1.38 bits per heavy atom. The largest absolute Gasteiger partial charge is 0.463 e. The molecule has 2 rings (SSSR count). The molecule has 0 unspecified atom stereocenters. The van der Waals surface area contributed by atoms with Gasteiger partial charge in [-0.3, -0.25) is 4.79 Å². The summed E-state index contributed by atoms with van der Waals surface area (Å²) in [6, 6.07) is 12.5. The van der Waals surface area contributed by atoms with Crippen molar-refractivity contribution < 1.29 is 14.1 Å². The first-order valence-corrected chi connectivity index (χ1v) is 6.73. The maximum absolute atomic E-state index is 12.1. The molecular formula is C16H18N3O2+. The van der Waals surface area contributed by atoms with Crippen molar-refractivity contribution in [3.8, 4) is 6.07 Å². The molecule has 0 spiro atoms. The van der Waals surface area contributed by atoms with Crippen LogP contribution >= 0.6 is 0 Å². The summed E-state index contributed by atoms with van der Waals surface area (Å²) in [5.74, 6) is 0.644. The molecule has 1 heterocycles. The highest BCUT2D eigenvalue weighted by atomic mass is 16.3. The Bertz CT molecular complexity index is 642. The van der Waals surface area contributed by atoms with Crippen LogP contribution in [-0.2, 0) is 0 Å². The van der Waals surface area contributed by atoms with Gasteiger partial charge in [-0.15, -0.1) is 0 Å². The molecule has 0 saturated heterocycles. The predicted octanol–water partition coefficient (Wildman–Crippen LogP) is 0.767. The van der Waals surface area contributed by atoms with E-state index in [-0.39, 0.29) is 11.9 Å². The Morgan fingerprint density at radius 3 is 2.81 bits per heavy atom. The number of furan rings is 1. The van der Waals surface area contributed by atoms with Crippen LogP contribution in [0.25, 0.3) is 0 Å². The van der Waals surface area contributed by atoms with Crippen molar-refractivity contribution in [2.24, 2.45) is 0 Å². The summed E-state index contributed by atoms with van der Waals surface area (Å²) in [7, 11) is 4.02. The standard InChI is InChI=1S/C16H17N3O2/c1-19(2)14(15-7-4-8-21-15)11-18-16(20)13-6-3-5-12(9-13)10-17/h3-9,14H,11H2,1-2H3,(H,18,20)/p+1/t14-/m0/s1. The number of hydrogen-bond acceptors (Lipinski definition) is 3. The molecule has 0 aliphatic heterocycles. The van der Waals surface area contributed by atoms with E-state index < -0.39 is 0 Å². The predicted molar refractivity (Wildman–Crippen MR) is 77.7 cm³/mol. The molecule has 1 aromatic heterocycles. The number of benzene rings is 1. The smallest absolute Gasteiger partial charge is 0.251 e. The van der Waals surface area contributed by atoms with Crippen molar-refractivity contribution in [3.05, 3.63) is 59.5 Å². The third kappa shape index (κ3) is 3.71. The second kappa shape index (κ2) is 6.73. The van der Waals surface area contributed by atoms with Gasteiger partial charge in [-0.05, 0) is 30.3 Å². The van der Waals surface area contributed by atoms with Gasteiger partial charge in [0.15, 0.2) is 11.8 Å². The zero-order chi connectivity index (χ0) is 15.2. The molecule has 2 N–H and O–H groups in total. The molecule has 2 aromatic rings. The molecular weight excluding hydrogens is 266 g/mol. The first-order chi connectivity index (χ1) is 10.1. The summed E-state index contributed by atoms with van der Waals surface area (Å²) in [6.07, 6.45) is 1.63. The Balaban J connectivity index is 2.04. The first-order valence-electron chi connectivity index (χ1n) is 6.73. The van der Waals surface area contributed by atoms with Crippen LogP contribution in [-0.4, -0.2) is 26.5 Å². The second-order valence-electron chi connectivity index (χ2n) is 5.05. The van der Waals surface area contributed by atoms with Crippen molar-refractivity contribution in [1.29, 1.82) is 5.26 Å². The minimum Gasteiger partial charge on any atom is -0.463 e. The SMILES string of the molecule is C[NH+](C)[C@@H](CNC(=O)c1cccc(C#N)c1)c1ccco1. The first kappa shape index (κ1) is 14.8. The van der Waals surface area contributed by atoms with Crippen molar-refractivity contribution >= 4 is 5.91 Å². The van der Waals surface area contributed by atoms with Crippen molar-refractivity contribution in [2.45, 2.75) is 6.04 Å². The minimum absolute atomic E-state index is 0.0445. The van der Waals surface area contributed by atoms with E-state index in [2.05, 4.69) is 5.32 Å². The fraction of sp³-hybridized carbons (Fsp3) is 0.250. The van der Waals surface area contributed by atoms with Crippen LogP contribution in [0.2, 0.25) is 0 Å². The summed E-state index contributed by atoms with van der Waals surface area (Å²) in [6.45, 7) is 0.464. The summed E-state index contributed by atoms with van der Waals surface area (Å²) in [4.78, 5) is 13.3. The summed E-state index contributed by atoms with van der Waals surface area (Å²) in [5.41, 5.74) is 0.962. The molecule has 0 radical (unpaired) electrons. The lowest BCUT2D eigenvalue weighted by atomic mass is 10.1. The third-order valence-corrected chi connectivity index (χ3v) is 3.30. The van der Waals surface area contributed by atoms with Crippen molar-refractivity contribution in [3.63, 3.8) is 0 Å². The van der Waals surface area contributed by atoms with Crippen LogP contribution in [0.15, 0.2) is 47.1 Å². The summed E-state index contributed by atoms with van der Waals surface area (Å²) < 4.78 is 5.42. The summed E-state index contributed by atoms with van der Waals surface area (Å²) in [5, 5.41) is 11.8. The molecule has 0 bridgehead atoms. The van der Waals surface area contributed by atoms with E-state index in [9.17, 15) is 4.79 Å². The number of carbonyl (C=O) groups excluding carboxylic acids is 1. The van der Waals surface area contributed by atoms with Gasteiger partial charge in [0, 0.05) is 5.56 Å². The third-order valence-electron chi connectivity index (χ3n) is 3.30. The highest BCUT2D eigenvalue weighted by Gasteiger charge is 2.21. The molecule has 0 fully saturated rings. The number of likely N-dealkylation sites (N-methyl/N-ethyl adjacent to an activating group) is 1. The lowest BCUT2D eigenvalue weighted by molar-refractivity contribution is -0.891. The zero-order valence-electron chi connectivity index (χ0n) is 12.1. The van der Waals surface area contributed by atoms with E-state index in [4.69, 9.17) is 9.68 Å². The molecule has 1 amide bonds.